The zero-order valence-corrected chi connectivity index (χ0v) is 26.9. The number of anilines is 1. The largest absolute Gasteiger partial charge is 0.457 e. The van der Waals surface area contributed by atoms with Gasteiger partial charge >= 0.3 is 0 Å². The normalized spacial score (nSPS) is 11.8. The maximum absolute atomic E-state index is 14.1. The first-order valence-electron chi connectivity index (χ1n) is 15.2. The molecule has 0 spiro atoms. The van der Waals surface area contributed by atoms with Crippen LogP contribution >= 0.6 is 0 Å². The first-order valence-corrected chi connectivity index (χ1v) is 16.7. The molecule has 1 atom stereocenters. The van der Waals surface area contributed by atoms with Crippen LogP contribution in [0.4, 0.5) is 5.69 Å². The fourth-order valence-corrected chi connectivity index (χ4v) is 6.19. The van der Waals surface area contributed by atoms with E-state index < -0.39 is 28.5 Å². The molecule has 0 aliphatic carbocycles. The molecule has 0 aliphatic rings. The van der Waals surface area contributed by atoms with Gasteiger partial charge in [0.1, 0.15) is 24.1 Å². The molecule has 9 heteroatoms. The van der Waals surface area contributed by atoms with Crippen molar-refractivity contribution in [3.05, 3.63) is 120 Å². The summed E-state index contributed by atoms with van der Waals surface area (Å²) in [4.78, 5) is 28.7. The molecule has 1 unspecified atom stereocenters. The molecule has 236 valence electrons. The van der Waals surface area contributed by atoms with Crippen LogP contribution in [0.15, 0.2) is 114 Å². The Balaban J connectivity index is 1.65. The summed E-state index contributed by atoms with van der Waals surface area (Å²) in [5.41, 5.74) is 2.22. The Hall–Kier alpha value is -4.63. The summed E-state index contributed by atoms with van der Waals surface area (Å²) >= 11 is 0. The van der Waals surface area contributed by atoms with Gasteiger partial charge in [0.2, 0.25) is 11.8 Å². The van der Waals surface area contributed by atoms with Crippen LogP contribution in [0, 0.1) is 6.92 Å². The third-order valence-corrected chi connectivity index (χ3v) is 9.26. The molecule has 0 heterocycles. The number of nitrogens with one attached hydrogen (secondary N) is 1. The Bertz CT molecular complexity index is 1630. The van der Waals surface area contributed by atoms with Gasteiger partial charge in [-0.25, -0.2) is 8.42 Å². The van der Waals surface area contributed by atoms with E-state index in [1.165, 1.54) is 17.0 Å². The summed E-state index contributed by atoms with van der Waals surface area (Å²) in [6, 6.07) is 31.2. The average molecular weight is 628 g/mol. The molecule has 8 nitrogen and oxygen atoms in total. The number of sulfonamides is 1. The highest BCUT2D eigenvalue weighted by Gasteiger charge is 2.32. The van der Waals surface area contributed by atoms with Crippen LogP contribution in [-0.4, -0.2) is 50.8 Å². The van der Waals surface area contributed by atoms with Crippen molar-refractivity contribution < 1.29 is 22.7 Å². The van der Waals surface area contributed by atoms with Gasteiger partial charge < -0.3 is 15.0 Å². The highest BCUT2D eigenvalue weighted by molar-refractivity contribution is 7.92. The van der Waals surface area contributed by atoms with Crippen LogP contribution in [0.1, 0.15) is 37.8 Å². The summed E-state index contributed by atoms with van der Waals surface area (Å²) in [6.45, 7) is 5.85. The molecule has 4 aromatic rings. The number of ether oxygens (including phenoxy) is 1. The van der Waals surface area contributed by atoms with Crippen molar-refractivity contribution in [1.29, 1.82) is 0 Å². The molecule has 0 bridgehead atoms. The van der Waals surface area contributed by atoms with Gasteiger partial charge in [-0.05, 0) is 80.8 Å². The highest BCUT2D eigenvalue weighted by atomic mass is 32.2. The first-order chi connectivity index (χ1) is 21.7. The van der Waals surface area contributed by atoms with Gasteiger partial charge in [-0.3, -0.25) is 13.9 Å². The van der Waals surface area contributed by atoms with Crippen molar-refractivity contribution in [3.63, 3.8) is 0 Å². The van der Waals surface area contributed by atoms with Crippen molar-refractivity contribution in [3.8, 4) is 11.5 Å². The number of hydrogen-bond donors (Lipinski definition) is 1. The third-order valence-electron chi connectivity index (χ3n) is 7.47. The molecule has 4 aromatic carbocycles. The van der Waals surface area contributed by atoms with Gasteiger partial charge in [0.25, 0.3) is 10.0 Å². The van der Waals surface area contributed by atoms with E-state index in [1.807, 2.05) is 74.5 Å². The lowest BCUT2D eigenvalue weighted by atomic mass is 10.1. The SMILES string of the molecule is CCCCNC(=O)C(C)N(CCc1ccccc1)C(=O)CN(c1ccc(Oc2ccccc2)cc1)S(=O)(=O)c1ccc(C)cc1. The molecule has 0 saturated heterocycles. The van der Waals surface area contributed by atoms with Crippen LogP contribution in [0.25, 0.3) is 0 Å². The molecule has 1 N–H and O–H groups in total. The number of benzene rings is 4. The Morgan fingerprint density at radius 3 is 2.04 bits per heavy atom. The van der Waals surface area contributed by atoms with Gasteiger partial charge in [-0.1, -0.05) is 79.6 Å². The second-order valence-electron chi connectivity index (χ2n) is 10.9. The van der Waals surface area contributed by atoms with Crippen LogP contribution in [0.3, 0.4) is 0 Å². The topological polar surface area (TPSA) is 96.0 Å². The van der Waals surface area contributed by atoms with Crippen molar-refractivity contribution in [1.82, 2.24) is 10.2 Å². The van der Waals surface area contributed by atoms with Gasteiger partial charge in [0.05, 0.1) is 10.6 Å². The second kappa shape index (κ2) is 15.9. The van der Waals surface area contributed by atoms with E-state index in [1.54, 1.807) is 43.3 Å². The number of carbonyl (C=O) groups excluding carboxylic acids is 2. The standard InChI is InChI=1S/C36H41N3O5S/c1-4-5-25-37-36(41)29(3)38(26-24-30-12-8-6-9-13-30)35(40)27-39(45(42,43)34-22-16-28(2)17-23-34)31-18-20-33(21-19-31)44-32-14-10-7-11-15-32/h6-23,29H,4-5,24-27H2,1-3H3,(H,37,41). The number of hydrogen-bond acceptors (Lipinski definition) is 5. The first kappa shape index (κ1) is 33.3. The van der Waals surface area contributed by atoms with E-state index in [-0.39, 0.29) is 17.3 Å². The molecule has 0 aliphatic heterocycles. The van der Waals surface area contributed by atoms with Crippen molar-refractivity contribution in [2.75, 3.05) is 23.9 Å². The molecular formula is C36H41N3O5S. The molecule has 0 aromatic heterocycles. The monoisotopic (exact) mass is 627 g/mol. The molecule has 0 saturated carbocycles. The predicted molar refractivity (Wildman–Crippen MR) is 178 cm³/mol. The second-order valence-corrected chi connectivity index (χ2v) is 12.7. The van der Waals surface area contributed by atoms with Crippen LogP contribution < -0.4 is 14.4 Å². The number of aryl methyl sites for hydroxylation is 1. The van der Waals surface area contributed by atoms with Gasteiger partial charge in [-0.15, -0.1) is 0 Å². The number of unbranched alkanes of at least 4 members (excludes halogenated alkanes) is 1. The third kappa shape index (κ3) is 9.18. The Morgan fingerprint density at radius 2 is 1.42 bits per heavy atom. The molecule has 0 fully saturated rings. The van der Waals surface area contributed by atoms with Crippen molar-refractivity contribution in [2.45, 2.75) is 51.0 Å². The summed E-state index contributed by atoms with van der Waals surface area (Å²) in [6.07, 6.45) is 2.25. The fraction of sp³-hybridized carbons (Fsp3) is 0.278. The Morgan fingerprint density at radius 1 is 0.822 bits per heavy atom. The number of para-hydroxylation sites is 1. The molecule has 0 radical (unpaired) electrons. The summed E-state index contributed by atoms with van der Waals surface area (Å²) in [5.74, 6) is 0.403. The minimum absolute atomic E-state index is 0.0618. The van der Waals surface area contributed by atoms with Gasteiger partial charge in [-0.2, -0.15) is 0 Å². The lowest BCUT2D eigenvalue weighted by Crippen LogP contribution is -2.52. The van der Waals surface area contributed by atoms with Gasteiger partial charge in [0.15, 0.2) is 0 Å². The molecule has 45 heavy (non-hydrogen) atoms. The van der Waals surface area contributed by atoms with E-state index >= 15 is 0 Å². The number of rotatable bonds is 15. The Labute approximate surface area is 266 Å². The Kier molecular flexibility index (Phi) is 11.8. The quantitative estimate of drug-likeness (QED) is 0.155. The minimum Gasteiger partial charge on any atom is -0.457 e. The maximum atomic E-state index is 14.1. The van der Waals surface area contributed by atoms with E-state index in [2.05, 4.69) is 5.32 Å². The molecule has 2 amide bonds. The van der Waals surface area contributed by atoms with E-state index in [9.17, 15) is 18.0 Å². The van der Waals surface area contributed by atoms with E-state index in [0.29, 0.717) is 30.2 Å². The summed E-state index contributed by atoms with van der Waals surface area (Å²) in [7, 11) is -4.16. The smallest absolute Gasteiger partial charge is 0.264 e. The van der Waals surface area contributed by atoms with Crippen molar-refractivity contribution >= 4 is 27.5 Å². The lowest BCUT2D eigenvalue weighted by molar-refractivity contribution is -0.138. The number of amides is 2. The van der Waals surface area contributed by atoms with Gasteiger partial charge in [0, 0.05) is 13.1 Å². The zero-order valence-electron chi connectivity index (χ0n) is 26.1. The predicted octanol–water partition coefficient (Wildman–Crippen LogP) is 6.36. The van der Waals surface area contributed by atoms with E-state index in [0.717, 1.165) is 28.3 Å². The minimum atomic E-state index is -4.16. The summed E-state index contributed by atoms with van der Waals surface area (Å²) in [5, 5.41) is 2.91. The molecular weight excluding hydrogens is 586 g/mol. The lowest BCUT2D eigenvalue weighted by Gasteiger charge is -2.32. The highest BCUT2D eigenvalue weighted by Crippen LogP contribution is 2.28. The van der Waals surface area contributed by atoms with E-state index in [4.69, 9.17) is 4.74 Å². The number of nitrogens with zero attached hydrogens (tertiary/aromatic N) is 2. The van der Waals surface area contributed by atoms with Crippen LogP contribution in [0.2, 0.25) is 0 Å². The molecule has 4 rings (SSSR count). The fourth-order valence-electron chi connectivity index (χ4n) is 4.78. The average Bonchev–Trinajstić information content (AvgIpc) is 3.05. The van der Waals surface area contributed by atoms with Crippen LogP contribution in [0.5, 0.6) is 11.5 Å². The van der Waals surface area contributed by atoms with Crippen molar-refractivity contribution in [2.24, 2.45) is 0 Å². The zero-order chi connectivity index (χ0) is 32.2. The number of carbonyl (C=O) groups is 2. The van der Waals surface area contributed by atoms with Crippen LogP contribution in [-0.2, 0) is 26.0 Å². The maximum Gasteiger partial charge on any atom is 0.264 e. The summed E-state index contributed by atoms with van der Waals surface area (Å²) < 4.78 is 35.2.